The van der Waals surface area contributed by atoms with Gasteiger partial charge in [-0.25, -0.2) is 0 Å². The van der Waals surface area contributed by atoms with Crippen molar-refractivity contribution >= 4 is 15.9 Å². The van der Waals surface area contributed by atoms with E-state index < -0.39 is 0 Å². The Balaban J connectivity index is 2.42. The van der Waals surface area contributed by atoms with Gasteiger partial charge in [-0.15, -0.1) is 0 Å². The molecular weight excluding hydrogens is 280 g/mol. The third kappa shape index (κ3) is 5.55. The summed E-state index contributed by atoms with van der Waals surface area (Å²) in [6.07, 6.45) is 2.21. The first-order chi connectivity index (χ1) is 7.92. The van der Waals surface area contributed by atoms with Gasteiger partial charge in [0, 0.05) is 0 Å². The van der Waals surface area contributed by atoms with Crippen LogP contribution in [0.3, 0.4) is 0 Å². The minimum Gasteiger partial charge on any atom is -0.492 e. The monoisotopic (exact) mass is 300 g/mol. The summed E-state index contributed by atoms with van der Waals surface area (Å²) >= 11 is 3.44. The van der Waals surface area contributed by atoms with Crippen molar-refractivity contribution in [3.63, 3.8) is 0 Å². The van der Waals surface area contributed by atoms with Crippen molar-refractivity contribution in [2.45, 2.75) is 40.2 Å². The maximum absolute atomic E-state index is 8.99. The molecule has 0 fully saturated rings. The van der Waals surface area contributed by atoms with Gasteiger partial charge in [0.15, 0.2) is 0 Å². The van der Waals surface area contributed by atoms with Crippen molar-refractivity contribution in [1.29, 1.82) is 0 Å². The topological polar surface area (TPSA) is 29.5 Å². The highest BCUT2D eigenvalue weighted by atomic mass is 79.9. The van der Waals surface area contributed by atoms with Gasteiger partial charge in [-0.3, -0.25) is 0 Å². The molecule has 0 atom stereocenters. The Morgan fingerprint density at radius 3 is 2.53 bits per heavy atom. The zero-order valence-corrected chi connectivity index (χ0v) is 12.4. The van der Waals surface area contributed by atoms with Gasteiger partial charge in [0.1, 0.15) is 5.75 Å². The van der Waals surface area contributed by atoms with E-state index in [1.807, 2.05) is 18.2 Å². The lowest BCUT2D eigenvalue weighted by Crippen LogP contribution is -2.08. The second-order valence-electron chi connectivity index (χ2n) is 5.44. The van der Waals surface area contributed by atoms with Gasteiger partial charge in [-0.1, -0.05) is 26.8 Å². The molecule has 0 amide bonds. The molecule has 0 spiro atoms. The van der Waals surface area contributed by atoms with Crippen LogP contribution >= 0.6 is 15.9 Å². The molecule has 0 bridgehead atoms. The van der Waals surface area contributed by atoms with E-state index in [9.17, 15) is 0 Å². The van der Waals surface area contributed by atoms with Crippen molar-refractivity contribution < 1.29 is 9.84 Å². The molecule has 1 rings (SSSR count). The summed E-state index contributed by atoms with van der Waals surface area (Å²) in [5.41, 5.74) is 1.25. The SMILES string of the molecule is CC(C)(C)CCCOc1ccc(CO)cc1Br. The highest BCUT2D eigenvalue weighted by Gasteiger charge is 2.09. The van der Waals surface area contributed by atoms with Gasteiger partial charge >= 0.3 is 0 Å². The third-order valence-corrected chi connectivity index (χ3v) is 3.13. The van der Waals surface area contributed by atoms with Crippen LogP contribution in [-0.4, -0.2) is 11.7 Å². The maximum Gasteiger partial charge on any atom is 0.133 e. The Labute approximate surface area is 112 Å². The van der Waals surface area contributed by atoms with Gasteiger partial charge in [0.2, 0.25) is 0 Å². The molecule has 17 heavy (non-hydrogen) atoms. The average molecular weight is 301 g/mol. The van der Waals surface area contributed by atoms with Gasteiger partial charge in [-0.05, 0) is 51.9 Å². The minimum atomic E-state index is 0.0584. The zero-order chi connectivity index (χ0) is 12.9. The average Bonchev–Trinajstić information content (AvgIpc) is 2.24. The Kier molecular flexibility index (Phi) is 5.47. The number of benzene rings is 1. The molecule has 0 unspecified atom stereocenters. The first-order valence-corrected chi connectivity index (χ1v) is 6.74. The van der Waals surface area contributed by atoms with Crippen LogP contribution in [0.2, 0.25) is 0 Å². The van der Waals surface area contributed by atoms with Crippen LogP contribution in [-0.2, 0) is 6.61 Å². The summed E-state index contributed by atoms with van der Waals surface area (Å²) in [7, 11) is 0. The molecule has 0 heterocycles. The molecule has 0 saturated heterocycles. The molecule has 0 aliphatic carbocycles. The van der Waals surface area contributed by atoms with E-state index in [1.165, 1.54) is 0 Å². The van der Waals surface area contributed by atoms with E-state index in [1.54, 1.807) is 0 Å². The number of ether oxygens (including phenoxy) is 1. The zero-order valence-electron chi connectivity index (χ0n) is 10.8. The van der Waals surface area contributed by atoms with E-state index in [0.29, 0.717) is 5.41 Å². The van der Waals surface area contributed by atoms with Gasteiger partial charge < -0.3 is 9.84 Å². The number of halogens is 1. The van der Waals surface area contributed by atoms with Crippen LogP contribution in [0.25, 0.3) is 0 Å². The second-order valence-corrected chi connectivity index (χ2v) is 6.29. The van der Waals surface area contributed by atoms with E-state index in [4.69, 9.17) is 9.84 Å². The summed E-state index contributed by atoms with van der Waals surface area (Å²) < 4.78 is 6.61. The molecule has 1 N–H and O–H groups in total. The second kappa shape index (κ2) is 6.41. The third-order valence-electron chi connectivity index (χ3n) is 2.51. The lowest BCUT2D eigenvalue weighted by atomic mass is 9.91. The predicted octanol–water partition coefficient (Wildman–Crippen LogP) is 4.15. The quantitative estimate of drug-likeness (QED) is 0.828. The molecule has 0 radical (unpaired) electrons. The Morgan fingerprint density at radius 2 is 2.00 bits per heavy atom. The Bertz CT molecular complexity index is 356. The van der Waals surface area contributed by atoms with Crippen molar-refractivity contribution in [2.75, 3.05) is 6.61 Å². The maximum atomic E-state index is 8.99. The predicted molar refractivity (Wildman–Crippen MR) is 74.2 cm³/mol. The summed E-state index contributed by atoms with van der Waals surface area (Å²) in [5, 5.41) is 8.99. The number of hydrogen-bond donors (Lipinski definition) is 1. The van der Waals surface area contributed by atoms with Crippen LogP contribution in [0.5, 0.6) is 5.75 Å². The molecule has 3 heteroatoms. The summed E-state index contributed by atoms with van der Waals surface area (Å²) in [4.78, 5) is 0. The molecule has 2 nitrogen and oxygen atoms in total. The smallest absolute Gasteiger partial charge is 0.133 e. The molecule has 1 aromatic rings. The van der Waals surface area contributed by atoms with Crippen molar-refractivity contribution in [2.24, 2.45) is 5.41 Å². The molecule has 1 aromatic carbocycles. The van der Waals surface area contributed by atoms with E-state index >= 15 is 0 Å². The highest BCUT2D eigenvalue weighted by molar-refractivity contribution is 9.10. The fourth-order valence-corrected chi connectivity index (χ4v) is 2.09. The number of rotatable bonds is 5. The standard InChI is InChI=1S/C14H21BrO2/c1-14(2,3)7-4-8-17-13-6-5-11(10-16)9-12(13)15/h5-6,9,16H,4,7-8,10H2,1-3H3. The highest BCUT2D eigenvalue weighted by Crippen LogP contribution is 2.27. The Morgan fingerprint density at radius 1 is 1.29 bits per heavy atom. The number of aliphatic hydroxyl groups excluding tert-OH is 1. The van der Waals surface area contributed by atoms with Gasteiger partial charge in [0.25, 0.3) is 0 Å². The van der Waals surface area contributed by atoms with Crippen molar-refractivity contribution in [1.82, 2.24) is 0 Å². The van der Waals surface area contributed by atoms with Crippen LogP contribution in [0.1, 0.15) is 39.2 Å². The van der Waals surface area contributed by atoms with Crippen LogP contribution in [0.4, 0.5) is 0 Å². The lowest BCUT2D eigenvalue weighted by molar-refractivity contribution is 0.266. The molecule has 96 valence electrons. The van der Waals surface area contributed by atoms with Crippen LogP contribution in [0, 0.1) is 5.41 Å². The summed E-state index contributed by atoms with van der Waals surface area (Å²) in [6.45, 7) is 7.49. The molecular formula is C14H21BrO2. The lowest BCUT2D eigenvalue weighted by Gasteiger charge is -2.18. The van der Waals surface area contributed by atoms with E-state index in [2.05, 4.69) is 36.7 Å². The van der Waals surface area contributed by atoms with Crippen molar-refractivity contribution in [3.8, 4) is 5.75 Å². The van der Waals surface area contributed by atoms with Gasteiger partial charge in [-0.2, -0.15) is 0 Å². The summed E-state index contributed by atoms with van der Waals surface area (Å²) in [6, 6.07) is 5.66. The number of aliphatic hydroxyl groups is 1. The summed E-state index contributed by atoms with van der Waals surface area (Å²) in [5.74, 6) is 0.844. The minimum absolute atomic E-state index is 0.0584. The molecule has 0 aromatic heterocycles. The normalized spacial score (nSPS) is 11.6. The van der Waals surface area contributed by atoms with Crippen LogP contribution < -0.4 is 4.74 Å². The first-order valence-electron chi connectivity index (χ1n) is 5.94. The van der Waals surface area contributed by atoms with Crippen LogP contribution in [0.15, 0.2) is 22.7 Å². The van der Waals surface area contributed by atoms with Crippen molar-refractivity contribution in [3.05, 3.63) is 28.2 Å². The Hall–Kier alpha value is -0.540. The van der Waals surface area contributed by atoms with E-state index in [-0.39, 0.29) is 6.61 Å². The fourth-order valence-electron chi connectivity index (χ4n) is 1.54. The molecule has 0 saturated carbocycles. The fraction of sp³-hybridized carbons (Fsp3) is 0.571. The molecule has 0 aliphatic rings. The largest absolute Gasteiger partial charge is 0.492 e. The van der Waals surface area contributed by atoms with Gasteiger partial charge in [0.05, 0.1) is 17.7 Å². The molecule has 0 aliphatic heterocycles. The number of hydrogen-bond acceptors (Lipinski definition) is 2. The van der Waals surface area contributed by atoms with E-state index in [0.717, 1.165) is 35.2 Å². The first kappa shape index (κ1) is 14.5.